The standard InChI is InChI=1S/C14H16O3/c15-13(10-5-2-1-3-6-10)11-7-4-8-12(9-11)14(16)17/h1-3,5-6,11-12H,4,7-9H2,(H,16,17). The highest BCUT2D eigenvalue weighted by molar-refractivity contribution is 5.98. The highest BCUT2D eigenvalue weighted by atomic mass is 16.4. The molecule has 0 spiro atoms. The highest BCUT2D eigenvalue weighted by Crippen LogP contribution is 2.31. The normalized spacial score (nSPS) is 24.2. The Labute approximate surface area is 100 Å². The van der Waals surface area contributed by atoms with Crippen molar-refractivity contribution in [3.05, 3.63) is 35.9 Å². The van der Waals surface area contributed by atoms with Gasteiger partial charge in [-0.25, -0.2) is 0 Å². The fourth-order valence-corrected chi connectivity index (χ4v) is 2.49. The van der Waals surface area contributed by atoms with E-state index in [4.69, 9.17) is 5.11 Å². The highest BCUT2D eigenvalue weighted by Gasteiger charge is 2.31. The summed E-state index contributed by atoms with van der Waals surface area (Å²) in [5.41, 5.74) is 0.698. The van der Waals surface area contributed by atoms with E-state index in [2.05, 4.69) is 0 Å². The largest absolute Gasteiger partial charge is 0.481 e. The molecule has 90 valence electrons. The van der Waals surface area contributed by atoms with Gasteiger partial charge in [-0.3, -0.25) is 9.59 Å². The molecule has 0 saturated heterocycles. The molecule has 0 aromatic heterocycles. The van der Waals surface area contributed by atoms with Gasteiger partial charge >= 0.3 is 5.97 Å². The van der Waals surface area contributed by atoms with E-state index in [1.165, 1.54) is 0 Å². The molecule has 0 radical (unpaired) electrons. The third-order valence-electron chi connectivity index (χ3n) is 3.45. The van der Waals surface area contributed by atoms with Gasteiger partial charge in [0.05, 0.1) is 5.92 Å². The summed E-state index contributed by atoms with van der Waals surface area (Å²) >= 11 is 0. The predicted octanol–water partition coefficient (Wildman–Crippen LogP) is 2.76. The summed E-state index contributed by atoms with van der Waals surface area (Å²) in [7, 11) is 0. The molecular weight excluding hydrogens is 216 g/mol. The summed E-state index contributed by atoms with van der Waals surface area (Å²) < 4.78 is 0. The van der Waals surface area contributed by atoms with Gasteiger partial charge in [0.25, 0.3) is 0 Å². The maximum Gasteiger partial charge on any atom is 0.306 e. The lowest BCUT2D eigenvalue weighted by atomic mass is 9.78. The van der Waals surface area contributed by atoms with Crippen molar-refractivity contribution >= 4 is 11.8 Å². The molecule has 17 heavy (non-hydrogen) atoms. The summed E-state index contributed by atoms with van der Waals surface area (Å²) in [5, 5.41) is 9.00. The van der Waals surface area contributed by atoms with Gasteiger partial charge in [0.2, 0.25) is 0 Å². The van der Waals surface area contributed by atoms with E-state index in [0.29, 0.717) is 18.4 Å². The number of rotatable bonds is 3. The number of ketones is 1. The molecule has 1 aliphatic carbocycles. The van der Waals surface area contributed by atoms with E-state index in [-0.39, 0.29) is 17.6 Å². The molecule has 1 aromatic carbocycles. The lowest BCUT2D eigenvalue weighted by molar-refractivity contribution is -0.143. The van der Waals surface area contributed by atoms with Crippen molar-refractivity contribution in [3.8, 4) is 0 Å². The van der Waals surface area contributed by atoms with E-state index >= 15 is 0 Å². The summed E-state index contributed by atoms with van der Waals surface area (Å²) in [6.07, 6.45) is 2.84. The van der Waals surface area contributed by atoms with Crippen LogP contribution in [0.5, 0.6) is 0 Å². The van der Waals surface area contributed by atoms with Crippen molar-refractivity contribution in [1.82, 2.24) is 0 Å². The Bertz CT molecular complexity index is 411. The van der Waals surface area contributed by atoms with E-state index in [1.54, 1.807) is 12.1 Å². The third-order valence-corrected chi connectivity index (χ3v) is 3.45. The van der Waals surface area contributed by atoms with Crippen molar-refractivity contribution in [2.75, 3.05) is 0 Å². The van der Waals surface area contributed by atoms with Gasteiger partial charge in [-0.2, -0.15) is 0 Å². The molecule has 1 aliphatic rings. The molecule has 3 nitrogen and oxygen atoms in total. The number of hydrogen-bond donors (Lipinski definition) is 1. The van der Waals surface area contributed by atoms with Crippen LogP contribution in [0.4, 0.5) is 0 Å². The lowest BCUT2D eigenvalue weighted by Gasteiger charge is -2.25. The first-order valence-corrected chi connectivity index (χ1v) is 6.00. The first-order valence-electron chi connectivity index (χ1n) is 6.00. The van der Waals surface area contributed by atoms with E-state index in [9.17, 15) is 9.59 Å². The van der Waals surface area contributed by atoms with Gasteiger partial charge in [0, 0.05) is 11.5 Å². The number of aliphatic carboxylic acids is 1. The zero-order valence-corrected chi connectivity index (χ0v) is 9.63. The van der Waals surface area contributed by atoms with Gasteiger partial charge in [-0.1, -0.05) is 36.8 Å². The average molecular weight is 232 g/mol. The molecular formula is C14H16O3. The minimum Gasteiger partial charge on any atom is -0.481 e. The van der Waals surface area contributed by atoms with Gasteiger partial charge in [-0.15, -0.1) is 0 Å². The fraction of sp³-hybridized carbons (Fsp3) is 0.429. The summed E-state index contributed by atoms with van der Waals surface area (Å²) in [6, 6.07) is 9.15. The van der Waals surface area contributed by atoms with Gasteiger partial charge in [0.1, 0.15) is 0 Å². The molecule has 1 aromatic rings. The number of hydrogen-bond acceptors (Lipinski definition) is 2. The molecule has 0 aliphatic heterocycles. The van der Waals surface area contributed by atoms with Gasteiger partial charge < -0.3 is 5.11 Å². The van der Waals surface area contributed by atoms with Crippen molar-refractivity contribution in [2.24, 2.45) is 11.8 Å². The number of benzene rings is 1. The van der Waals surface area contributed by atoms with Crippen molar-refractivity contribution < 1.29 is 14.7 Å². The molecule has 0 bridgehead atoms. The summed E-state index contributed by atoms with van der Waals surface area (Å²) in [6.45, 7) is 0. The maximum atomic E-state index is 12.2. The lowest BCUT2D eigenvalue weighted by Crippen LogP contribution is -2.27. The molecule has 2 atom stereocenters. The van der Waals surface area contributed by atoms with Crippen LogP contribution in [0, 0.1) is 11.8 Å². The Kier molecular flexibility index (Phi) is 3.57. The first kappa shape index (κ1) is 11.8. The minimum absolute atomic E-state index is 0.0940. The first-order chi connectivity index (χ1) is 8.18. The monoisotopic (exact) mass is 232 g/mol. The Balaban J connectivity index is 2.07. The molecule has 1 saturated carbocycles. The van der Waals surface area contributed by atoms with Crippen molar-refractivity contribution in [2.45, 2.75) is 25.7 Å². The number of carboxylic acid groups (broad SMARTS) is 1. The Morgan fingerprint density at radius 1 is 1.06 bits per heavy atom. The number of carboxylic acids is 1. The second-order valence-corrected chi connectivity index (χ2v) is 4.63. The second kappa shape index (κ2) is 5.13. The fourth-order valence-electron chi connectivity index (χ4n) is 2.49. The Morgan fingerprint density at radius 2 is 1.71 bits per heavy atom. The SMILES string of the molecule is O=C(O)C1CCCC(C(=O)c2ccccc2)C1. The van der Waals surface area contributed by atoms with E-state index in [0.717, 1.165) is 12.8 Å². The molecule has 1 N–H and O–H groups in total. The third kappa shape index (κ3) is 2.73. The zero-order chi connectivity index (χ0) is 12.3. The average Bonchev–Trinajstić information content (AvgIpc) is 2.39. The second-order valence-electron chi connectivity index (χ2n) is 4.63. The topological polar surface area (TPSA) is 54.4 Å². The Hall–Kier alpha value is -1.64. The molecule has 1 fully saturated rings. The van der Waals surface area contributed by atoms with Crippen molar-refractivity contribution in [3.63, 3.8) is 0 Å². The molecule has 0 heterocycles. The smallest absolute Gasteiger partial charge is 0.306 e. The molecule has 3 heteroatoms. The van der Waals surface area contributed by atoms with E-state index in [1.807, 2.05) is 18.2 Å². The minimum atomic E-state index is -0.768. The van der Waals surface area contributed by atoms with Crippen LogP contribution >= 0.6 is 0 Å². The van der Waals surface area contributed by atoms with Crippen LogP contribution in [-0.2, 0) is 4.79 Å². The quantitative estimate of drug-likeness (QED) is 0.815. The maximum absolute atomic E-state index is 12.2. The molecule has 2 unspecified atom stereocenters. The summed E-state index contributed by atoms with van der Waals surface area (Å²) in [4.78, 5) is 23.1. The zero-order valence-electron chi connectivity index (χ0n) is 9.63. The number of carbonyl (C=O) groups excluding carboxylic acids is 1. The van der Waals surface area contributed by atoms with Crippen molar-refractivity contribution in [1.29, 1.82) is 0 Å². The van der Waals surface area contributed by atoms with Crippen LogP contribution in [0.1, 0.15) is 36.0 Å². The van der Waals surface area contributed by atoms with Crippen LogP contribution < -0.4 is 0 Å². The predicted molar refractivity (Wildman–Crippen MR) is 63.9 cm³/mol. The number of carbonyl (C=O) groups is 2. The Morgan fingerprint density at radius 3 is 2.35 bits per heavy atom. The van der Waals surface area contributed by atoms with Gasteiger partial charge in [-0.05, 0) is 19.3 Å². The number of Topliss-reactive ketones (excluding diaryl/α,β-unsaturated/α-hetero) is 1. The van der Waals surface area contributed by atoms with Crippen LogP contribution in [-0.4, -0.2) is 16.9 Å². The van der Waals surface area contributed by atoms with Crippen LogP contribution in [0.15, 0.2) is 30.3 Å². The molecule has 0 amide bonds. The van der Waals surface area contributed by atoms with E-state index < -0.39 is 5.97 Å². The van der Waals surface area contributed by atoms with Crippen LogP contribution in [0.3, 0.4) is 0 Å². The molecule has 2 rings (SSSR count). The van der Waals surface area contributed by atoms with Gasteiger partial charge in [0.15, 0.2) is 5.78 Å². The van der Waals surface area contributed by atoms with Crippen LogP contribution in [0.25, 0.3) is 0 Å². The van der Waals surface area contributed by atoms with Crippen LogP contribution in [0.2, 0.25) is 0 Å². The summed E-state index contributed by atoms with van der Waals surface area (Å²) in [5.74, 6) is -1.14.